The number of aliphatic hydroxyl groups is 1. The van der Waals surface area contributed by atoms with Crippen LogP contribution < -0.4 is 5.84 Å². The van der Waals surface area contributed by atoms with E-state index in [0.29, 0.717) is 0 Å². The number of nitrogens with zero attached hydrogens (tertiary/aromatic N) is 1. The van der Waals surface area contributed by atoms with Gasteiger partial charge in [-0.15, -0.1) is 0 Å². The van der Waals surface area contributed by atoms with E-state index < -0.39 is 12.1 Å². The second-order valence-electron chi connectivity index (χ2n) is 2.67. The van der Waals surface area contributed by atoms with E-state index in [1.54, 1.807) is 0 Å². The second-order valence-corrected chi connectivity index (χ2v) is 2.67. The molecule has 1 aliphatic heterocycles. The van der Waals surface area contributed by atoms with Gasteiger partial charge >= 0.3 is 0 Å². The van der Waals surface area contributed by atoms with E-state index in [0.717, 1.165) is 5.01 Å². The summed E-state index contributed by atoms with van der Waals surface area (Å²) in [6.45, 7) is 1.40. The van der Waals surface area contributed by atoms with Gasteiger partial charge in [0.05, 0.1) is 0 Å². The molecule has 1 fully saturated rings. The third kappa shape index (κ3) is 1.24. The van der Waals surface area contributed by atoms with Gasteiger partial charge in [-0.25, -0.2) is 5.84 Å². The Morgan fingerprint density at radius 3 is 2.64 bits per heavy atom. The Balaban J connectivity index is 2.75. The molecule has 1 heterocycles. The van der Waals surface area contributed by atoms with Crippen LogP contribution in [-0.4, -0.2) is 33.9 Å². The number of hydrogen-bond acceptors (Lipinski definition) is 4. The molecule has 2 unspecified atom stereocenters. The fourth-order valence-electron chi connectivity index (χ4n) is 1.14. The van der Waals surface area contributed by atoms with E-state index >= 15 is 0 Å². The Kier molecular flexibility index (Phi) is 1.92. The fourth-order valence-corrected chi connectivity index (χ4v) is 1.14. The molecule has 62 valence electrons. The first kappa shape index (κ1) is 8.16. The molecule has 0 aromatic carbocycles. The highest BCUT2D eigenvalue weighted by atomic mass is 16.3. The molecule has 5 heteroatoms. The summed E-state index contributed by atoms with van der Waals surface area (Å²) in [5, 5.41) is 17.3. The van der Waals surface area contributed by atoms with Crippen molar-refractivity contribution in [2.75, 3.05) is 0 Å². The first-order valence-corrected chi connectivity index (χ1v) is 3.35. The van der Waals surface area contributed by atoms with Crippen LogP contribution in [0.5, 0.6) is 0 Å². The lowest BCUT2D eigenvalue weighted by atomic mass is 10.1. The smallest absolute Gasteiger partial charge is 0.153 e. The van der Waals surface area contributed by atoms with E-state index in [1.165, 1.54) is 6.92 Å². The minimum atomic E-state index is -0.881. The van der Waals surface area contributed by atoms with Crippen LogP contribution in [0.2, 0.25) is 0 Å². The number of rotatable bonds is 1. The number of ketones is 1. The molecule has 0 radical (unpaired) electrons. The van der Waals surface area contributed by atoms with Gasteiger partial charge in [0, 0.05) is 6.42 Å². The van der Waals surface area contributed by atoms with Crippen LogP contribution in [0.1, 0.15) is 13.3 Å². The van der Waals surface area contributed by atoms with Crippen molar-refractivity contribution in [1.82, 2.24) is 5.01 Å². The minimum Gasteiger partial charge on any atom is -0.385 e. The summed E-state index contributed by atoms with van der Waals surface area (Å²) >= 11 is 0. The van der Waals surface area contributed by atoms with E-state index in [2.05, 4.69) is 0 Å². The number of Topliss-reactive ketones (excluding diaryl/α,β-unsaturated/α-hetero) is 1. The van der Waals surface area contributed by atoms with Gasteiger partial charge in [-0.2, -0.15) is 0 Å². The van der Waals surface area contributed by atoms with Crippen LogP contribution in [0.25, 0.3) is 0 Å². The molecular weight excluding hydrogens is 146 g/mol. The lowest BCUT2D eigenvalue weighted by Gasteiger charge is -2.16. The Bertz CT molecular complexity index is 204. The number of amidine groups is 1. The summed E-state index contributed by atoms with van der Waals surface area (Å²) in [6.07, 6.45) is -0.640. The van der Waals surface area contributed by atoms with E-state index in [9.17, 15) is 4.79 Å². The molecule has 0 aromatic rings. The Hall–Kier alpha value is -0.940. The van der Waals surface area contributed by atoms with Crippen molar-refractivity contribution >= 4 is 11.6 Å². The fraction of sp³-hybridized carbons (Fsp3) is 0.667. The number of hydrogen-bond donors (Lipinski definition) is 3. The van der Waals surface area contributed by atoms with E-state index in [1.807, 2.05) is 0 Å². The van der Waals surface area contributed by atoms with Gasteiger partial charge in [0.15, 0.2) is 5.78 Å². The zero-order chi connectivity index (χ0) is 8.59. The van der Waals surface area contributed by atoms with Gasteiger partial charge in [0.2, 0.25) is 0 Å². The maximum absolute atomic E-state index is 10.8. The van der Waals surface area contributed by atoms with E-state index in [-0.39, 0.29) is 18.0 Å². The molecule has 5 nitrogen and oxygen atoms in total. The predicted octanol–water partition coefficient (Wildman–Crippen LogP) is -1.14. The molecule has 4 N–H and O–H groups in total. The van der Waals surface area contributed by atoms with Crippen molar-refractivity contribution in [2.45, 2.75) is 25.5 Å². The first-order chi connectivity index (χ1) is 5.04. The Labute approximate surface area is 64.3 Å². The van der Waals surface area contributed by atoms with Gasteiger partial charge in [-0.3, -0.25) is 15.2 Å². The lowest BCUT2D eigenvalue weighted by molar-refractivity contribution is -0.120. The number of carbonyl (C=O) groups excluding carboxylic acids is 1. The quantitative estimate of drug-likeness (QED) is 0.420. The molecule has 2 atom stereocenters. The first-order valence-electron chi connectivity index (χ1n) is 3.35. The summed E-state index contributed by atoms with van der Waals surface area (Å²) in [5.41, 5.74) is 0. The molecule has 1 aliphatic rings. The van der Waals surface area contributed by atoms with Crippen LogP contribution in [0.4, 0.5) is 0 Å². The Morgan fingerprint density at radius 1 is 1.91 bits per heavy atom. The standard InChI is InChI=1S/C6H11N3O2/c1-3(10)4-2-5(11)6(7)9(4)8/h4-5,7,11H,2,8H2,1H3. The highest BCUT2D eigenvalue weighted by Gasteiger charge is 2.36. The summed E-state index contributed by atoms with van der Waals surface area (Å²) in [7, 11) is 0. The SMILES string of the molecule is CC(=O)C1CC(O)C(=N)N1N. The normalized spacial score (nSPS) is 31.2. The van der Waals surface area contributed by atoms with Gasteiger partial charge in [-0.05, 0) is 6.92 Å². The molecule has 0 aliphatic carbocycles. The molecule has 0 spiro atoms. The minimum absolute atomic E-state index is 0.0785. The summed E-state index contributed by atoms with van der Waals surface area (Å²) in [5.74, 6) is 5.15. The van der Waals surface area contributed by atoms with Crippen molar-refractivity contribution in [2.24, 2.45) is 5.84 Å². The number of carbonyl (C=O) groups is 1. The molecular formula is C6H11N3O2. The van der Waals surface area contributed by atoms with Crippen LogP contribution in [0.15, 0.2) is 0 Å². The maximum atomic E-state index is 10.8. The zero-order valence-electron chi connectivity index (χ0n) is 6.24. The largest absolute Gasteiger partial charge is 0.385 e. The van der Waals surface area contributed by atoms with Crippen molar-refractivity contribution < 1.29 is 9.90 Å². The van der Waals surface area contributed by atoms with Gasteiger partial charge < -0.3 is 5.11 Å². The monoisotopic (exact) mass is 157 g/mol. The molecule has 11 heavy (non-hydrogen) atoms. The van der Waals surface area contributed by atoms with Gasteiger partial charge in [0.1, 0.15) is 18.0 Å². The van der Waals surface area contributed by atoms with Crippen molar-refractivity contribution in [1.29, 1.82) is 5.41 Å². The molecule has 0 aromatic heterocycles. The molecule has 0 saturated carbocycles. The van der Waals surface area contributed by atoms with Crippen LogP contribution in [-0.2, 0) is 4.79 Å². The third-order valence-corrected chi connectivity index (χ3v) is 1.85. The average Bonchev–Trinajstić information content (AvgIpc) is 2.17. The Morgan fingerprint density at radius 2 is 2.45 bits per heavy atom. The zero-order valence-corrected chi connectivity index (χ0v) is 6.24. The van der Waals surface area contributed by atoms with Crippen LogP contribution in [0.3, 0.4) is 0 Å². The lowest BCUT2D eigenvalue weighted by Crippen LogP contribution is -2.43. The molecule has 0 bridgehead atoms. The third-order valence-electron chi connectivity index (χ3n) is 1.85. The number of nitrogens with two attached hydrogens (primary N) is 1. The molecule has 0 amide bonds. The molecule has 1 rings (SSSR count). The average molecular weight is 157 g/mol. The molecule has 1 saturated heterocycles. The van der Waals surface area contributed by atoms with Gasteiger partial charge in [0.25, 0.3) is 0 Å². The predicted molar refractivity (Wildman–Crippen MR) is 38.8 cm³/mol. The van der Waals surface area contributed by atoms with E-state index in [4.69, 9.17) is 16.4 Å². The topological polar surface area (TPSA) is 90.4 Å². The summed E-state index contributed by atoms with van der Waals surface area (Å²) < 4.78 is 0. The highest BCUT2D eigenvalue weighted by Crippen LogP contribution is 2.16. The second kappa shape index (κ2) is 2.60. The van der Waals surface area contributed by atoms with Crippen molar-refractivity contribution in [3.8, 4) is 0 Å². The number of hydrazine groups is 1. The van der Waals surface area contributed by atoms with Crippen molar-refractivity contribution in [3.63, 3.8) is 0 Å². The van der Waals surface area contributed by atoms with Crippen molar-refractivity contribution in [3.05, 3.63) is 0 Å². The van der Waals surface area contributed by atoms with Gasteiger partial charge in [-0.1, -0.05) is 0 Å². The summed E-state index contributed by atoms with van der Waals surface area (Å²) in [6, 6.07) is -0.516. The summed E-state index contributed by atoms with van der Waals surface area (Å²) in [4.78, 5) is 10.8. The number of nitrogens with one attached hydrogen (secondary N) is 1. The highest BCUT2D eigenvalue weighted by molar-refractivity contribution is 5.93. The maximum Gasteiger partial charge on any atom is 0.153 e. The van der Waals surface area contributed by atoms with Crippen LogP contribution >= 0.6 is 0 Å². The van der Waals surface area contributed by atoms with Crippen LogP contribution in [0, 0.1) is 5.41 Å². The number of aliphatic hydroxyl groups excluding tert-OH is 1.